The predicted octanol–water partition coefficient (Wildman–Crippen LogP) is 2.54. The molecular weight excluding hydrogens is 314 g/mol. The Morgan fingerprint density at radius 2 is 1.84 bits per heavy atom. The number of aliphatic hydroxyl groups excluding tert-OH is 1. The summed E-state index contributed by atoms with van der Waals surface area (Å²) in [6.45, 7) is 5.21. The SMILES string of the molecule is C#CCCOCC(O)COCCC=C.O=P(O)(Cl)Cl. The monoisotopic (exact) mass is 332 g/mol. The molecule has 1 atom stereocenters. The number of hydrogen-bond donors (Lipinski definition) is 2. The highest BCUT2D eigenvalue weighted by molar-refractivity contribution is 8.04. The smallest absolute Gasteiger partial charge is 0.377 e. The lowest BCUT2D eigenvalue weighted by atomic mass is 10.4. The van der Waals surface area contributed by atoms with Gasteiger partial charge in [-0.15, -0.1) is 18.9 Å². The maximum atomic E-state index is 9.32. The molecule has 112 valence electrons. The number of hydrogen-bond acceptors (Lipinski definition) is 4. The van der Waals surface area contributed by atoms with Gasteiger partial charge in [0.15, 0.2) is 0 Å². The molecule has 0 aliphatic carbocycles. The van der Waals surface area contributed by atoms with Crippen LogP contribution >= 0.6 is 28.6 Å². The van der Waals surface area contributed by atoms with Crippen molar-refractivity contribution in [2.24, 2.45) is 0 Å². The first kappa shape index (κ1) is 21.3. The van der Waals surface area contributed by atoms with Crippen LogP contribution in [0.1, 0.15) is 12.8 Å². The quantitative estimate of drug-likeness (QED) is 0.294. The van der Waals surface area contributed by atoms with Crippen molar-refractivity contribution in [1.29, 1.82) is 0 Å². The average molecular weight is 333 g/mol. The highest BCUT2D eigenvalue weighted by Crippen LogP contribution is 2.51. The molecule has 0 saturated heterocycles. The number of aliphatic hydroxyl groups is 1. The van der Waals surface area contributed by atoms with Gasteiger partial charge in [-0.2, -0.15) is 0 Å². The zero-order chi connectivity index (χ0) is 15.1. The summed E-state index contributed by atoms with van der Waals surface area (Å²) < 4.78 is 19.6. The molecule has 2 N–H and O–H groups in total. The van der Waals surface area contributed by atoms with E-state index < -0.39 is 12.2 Å². The van der Waals surface area contributed by atoms with Gasteiger partial charge in [-0.05, 0) is 28.9 Å². The topological polar surface area (TPSA) is 76.0 Å². The van der Waals surface area contributed by atoms with Crippen LogP contribution in [0.2, 0.25) is 0 Å². The third-order valence-corrected chi connectivity index (χ3v) is 1.48. The Morgan fingerprint density at radius 1 is 1.37 bits per heavy atom. The van der Waals surface area contributed by atoms with E-state index in [2.05, 4.69) is 35.0 Å². The van der Waals surface area contributed by atoms with Crippen LogP contribution in [-0.2, 0) is 14.0 Å². The molecule has 19 heavy (non-hydrogen) atoms. The largest absolute Gasteiger partial charge is 0.388 e. The Kier molecular flexibility index (Phi) is 16.1. The van der Waals surface area contributed by atoms with Crippen molar-refractivity contribution in [2.45, 2.75) is 18.9 Å². The van der Waals surface area contributed by atoms with Crippen LogP contribution in [0.5, 0.6) is 0 Å². The summed E-state index contributed by atoms with van der Waals surface area (Å²) >= 11 is 8.81. The van der Waals surface area contributed by atoms with Crippen LogP contribution in [0.4, 0.5) is 0 Å². The maximum absolute atomic E-state index is 9.32. The normalized spacial score (nSPS) is 11.9. The standard InChI is InChI=1S/C11H18O3.Cl2HO2P/c1-3-5-7-13-9-11(12)10-14-8-6-4-2;1-5(2,3)4/h1,4,11-12H,2,5-10H2;(H,3,4). The second kappa shape index (κ2) is 14.4. The zero-order valence-electron chi connectivity index (χ0n) is 10.5. The van der Waals surface area contributed by atoms with Gasteiger partial charge in [0, 0.05) is 6.42 Å². The molecule has 0 radical (unpaired) electrons. The summed E-state index contributed by atoms with van der Waals surface area (Å²) in [5.41, 5.74) is 0. The summed E-state index contributed by atoms with van der Waals surface area (Å²) in [4.78, 5) is 7.61. The first-order chi connectivity index (χ1) is 8.81. The van der Waals surface area contributed by atoms with E-state index in [-0.39, 0.29) is 6.61 Å². The second-order valence-corrected chi connectivity index (χ2v) is 7.41. The molecule has 0 aliphatic rings. The molecule has 0 bridgehead atoms. The van der Waals surface area contributed by atoms with Gasteiger partial charge in [-0.3, -0.25) is 4.57 Å². The Bertz CT molecular complexity index is 292. The van der Waals surface area contributed by atoms with E-state index in [0.29, 0.717) is 26.2 Å². The molecule has 0 aromatic heterocycles. The minimum absolute atomic E-state index is 0.274. The van der Waals surface area contributed by atoms with Gasteiger partial charge < -0.3 is 19.5 Å². The third kappa shape index (κ3) is 32.0. The van der Waals surface area contributed by atoms with E-state index >= 15 is 0 Å². The molecule has 1 unspecified atom stereocenters. The van der Waals surface area contributed by atoms with Crippen molar-refractivity contribution in [3.63, 3.8) is 0 Å². The zero-order valence-corrected chi connectivity index (χ0v) is 12.9. The minimum Gasteiger partial charge on any atom is -0.388 e. The molecule has 0 fully saturated rings. The summed E-state index contributed by atoms with van der Waals surface area (Å²) in [5, 5.41) is 9.32. The summed E-state index contributed by atoms with van der Waals surface area (Å²) in [6.07, 6.45) is 3.91. The van der Waals surface area contributed by atoms with Crippen LogP contribution in [0.3, 0.4) is 0 Å². The van der Waals surface area contributed by atoms with E-state index in [4.69, 9.17) is 20.8 Å². The van der Waals surface area contributed by atoms with Crippen molar-refractivity contribution >= 4 is 28.6 Å². The van der Waals surface area contributed by atoms with Crippen LogP contribution < -0.4 is 0 Å². The Labute approximate surface area is 123 Å². The second-order valence-electron chi connectivity index (χ2n) is 3.27. The van der Waals surface area contributed by atoms with E-state index in [1.165, 1.54) is 0 Å². The van der Waals surface area contributed by atoms with Gasteiger partial charge in [0.2, 0.25) is 0 Å². The Morgan fingerprint density at radius 3 is 2.26 bits per heavy atom. The first-order valence-corrected chi connectivity index (χ1v) is 8.88. The molecular formula is C11H19Cl2O5P. The van der Waals surface area contributed by atoms with Crippen LogP contribution in [0.15, 0.2) is 12.7 Å². The van der Waals surface area contributed by atoms with Crippen LogP contribution in [0, 0.1) is 12.3 Å². The molecule has 0 heterocycles. The lowest BCUT2D eigenvalue weighted by Crippen LogP contribution is -2.22. The van der Waals surface area contributed by atoms with E-state index in [9.17, 15) is 9.67 Å². The van der Waals surface area contributed by atoms with Gasteiger partial charge >= 0.3 is 6.07 Å². The number of ether oxygens (including phenoxy) is 2. The fourth-order valence-electron chi connectivity index (χ4n) is 0.785. The van der Waals surface area contributed by atoms with E-state index in [1.807, 2.05) is 0 Å². The summed E-state index contributed by atoms with van der Waals surface area (Å²) in [5.74, 6) is 2.45. The molecule has 0 amide bonds. The molecule has 8 heteroatoms. The van der Waals surface area contributed by atoms with E-state index in [0.717, 1.165) is 6.42 Å². The van der Waals surface area contributed by atoms with Gasteiger partial charge in [0.1, 0.15) is 6.10 Å². The average Bonchev–Trinajstić information content (AvgIpc) is 2.28. The Hall–Kier alpha value is -0.0500. The number of halogens is 2. The van der Waals surface area contributed by atoms with Crippen molar-refractivity contribution in [3.05, 3.63) is 12.7 Å². The van der Waals surface area contributed by atoms with E-state index in [1.54, 1.807) is 6.08 Å². The first-order valence-electron chi connectivity index (χ1n) is 5.41. The molecule has 0 rings (SSSR count). The molecule has 0 saturated carbocycles. The number of rotatable bonds is 9. The van der Waals surface area contributed by atoms with Crippen LogP contribution in [0.25, 0.3) is 0 Å². The third-order valence-electron chi connectivity index (χ3n) is 1.48. The fourth-order valence-corrected chi connectivity index (χ4v) is 0.785. The Balaban J connectivity index is 0. The summed E-state index contributed by atoms with van der Waals surface area (Å²) in [6, 6.07) is 0. The highest BCUT2D eigenvalue weighted by atomic mass is 35.9. The summed E-state index contributed by atoms with van der Waals surface area (Å²) in [7, 11) is 0. The molecule has 0 aromatic carbocycles. The van der Waals surface area contributed by atoms with Crippen molar-refractivity contribution in [1.82, 2.24) is 0 Å². The van der Waals surface area contributed by atoms with Gasteiger partial charge in [0.25, 0.3) is 0 Å². The van der Waals surface area contributed by atoms with Crippen molar-refractivity contribution in [3.8, 4) is 12.3 Å². The fraction of sp³-hybridized carbons (Fsp3) is 0.636. The maximum Gasteiger partial charge on any atom is 0.377 e. The predicted molar refractivity (Wildman–Crippen MR) is 77.4 cm³/mol. The number of terminal acetylenes is 1. The van der Waals surface area contributed by atoms with Crippen molar-refractivity contribution < 1.29 is 24.0 Å². The minimum atomic E-state index is -3.69. The lowest BCUT2D eigenvalue weighted by Gasteiger charge is -2.10. The van der Waals surface area contributed by atoms with Gasteiger partial charge in [0.05, 0.1) is 26.4 Å². The lowest BCUT2D eigenvalue weighted by molar-refractivity contribution is -0.0166. The molecule has 0 aliphatic heterocycles. The molecule has 0 spiro atoms. The van der Waals surface area contributed by atoms with Gasteiger partial charge in [-0.1, -0.05) is 6.08 Å². The van der Waals surface area contributed by atoms with Crippen LogP contribution in [-0.4, -0.2) is 42.5 Å². The molecule has 5 nitrogen and oxygen atoms in total. The molecule has 0 aromatic rings. The van der Waals surface area contributed by atoms with Crippen molar-refractivity contribution in [2.75, 3.05) is 26.4 Å². The highest BCUT2D eigenvalue weighted by Gasteiger charge is 2.03. The van der Waals surface area contributed by atoms with Gasteiger partial charge in [-0.25, -0.2) is 0 Å².